The molecule has 3 aromatic carbocycles. The number of aromatic nitrogens is 1. The third kappa shape index (κ3) is 4.83. The monoisotopic (exact) mass is 461 g/mol. The first kappa shape index (κ1) is 22.0. The minimum Gasteiger partial charge on any atom is -0.507 e. The molecule has 1 N–H and O–H groups in total. The minimum absolute atomic E-state index is 0.0162. The number of nitro benzene ring substituents is 1. The fraction of sp³-hybridized carbons (Fsp3) is 0.0833. The highest BCUT2D eigenvalue weighted by atomic mass is 32.1. The van der Waals surface area contributed by atoms with Gasteiger partial charge in [-0.3, -0.25) is 10.1 Å². The number of phenols is 1. The maximum absolute atomic E-state index is 11.0. The van der Waals surface area contributed by atoms with Crippen molar-refractivity contribution in [2.24, 2.45) is 4.99 Å². The predicted molar refractivity (Wildman–Crippen MR) is 128 cm³/mol. The summed E-state index contributed by atoms with van der Waals surface area (Å²) < 4.78 is 10.3. The van der Waals surface area contributed by atoms with Crippen molar-refractivity contribution >= 4 is 28.4 Å². The van der Waals surface area contributed by atoms with Crippen LogP contribution in [0.5, 0.6) is 17.2 Å². The second-order valence-corrected chi connectivity index (χ2v) is 7.87. The van der Waals surface area contributed by atoms with Crippen LogP contribution in [-0.2, 0) is 0 Å². The van der Waals surface area contributed by atoms with Crippen LogP contribution >= 0.6 is 11.3 Å². The molecule has 0 atom stereocenters. The SMILES string of the molecule is COc1ccc(-c2nc(N=Cc3ccc(OC)cc3O)sc2-c2ccc([N+](=O)[O-])cc2)cc1. The molecule has 0 bridgehead atoms. The number of aliphatic imine (C=N–C) groups is 1. The van der Waals surface area contributed by atoms with E-state index < -0.39 is 4.92 Å². The number of methoxy groups -OCH3 is 2. The van der Waals surface area contributed by atoms with Gasteiger partial charge in [-0.25, -0.2) is 9.98 Å². The average Bonchev–Trinajstić information content (AvgIpc) is 3.27. The molecule has 0 spiro atoms. The van der Waals surface area contributed by atoms with E-state index in [-0.39, 0.29) is 11.4 Å². The molecule has 1 aromatic heterocycles. The Morgan fingerprint density at radius 3 is 2.21 bits per heavy atom. The zero-order valence-electron chi connectivity index (χ0n) is 17.8. The van der Waals surface area contributed by atoms with Gasteiger partial charge in [0.15, 0.2) is 0 Å². The van der Waals surface area contributed by atoms with E-state index >= 15 is 0 Å². The highest BCUT2D eigenvalue weighted by molar-refractivity contribution is 7.19. The summed E-state index contributed by atoms with van der Waals surface area (Å²) in [5, 5.41) is 21.7. The summed E-state index contributed by atoms with van der Waals surface area (Å²) in [4.78, 5) is 20.6. The Bertz CT molecular complexity index is 1320. The van der Waals surface area contributed by atoms with Crippen LogP contribution in [0.1, 0.15) is 5.56 Å². The summed E-state index contributed by atoms with van der Waals surface area (Å²) in [5.74, 6) is 1.31. The normalized spacial score (nSPS) is 11.0. The lowest BCUT2D eigenvalue weighted by Gasteiger charge is -2.04. The molecule has 166 valence electrons. The van der Waals surface area contributed by atoms with Gasteiger partial charge in [-0.15, -0.1) is 0 Å². The Morgan fingerprint density at radius 2 is 1.61 bits per heavy atom. The number of rotatable bonds is 7. The lowest BCUT2D eigenvalue weighted by molar-refractivity contribution is -0.384. The number of nitro groups is 1. The molecule has 0 aliphatic heterocycles. The van der Waals surface area contributed by atoms with E-state index in [0.29, 0.717) is 22.1 Å². The van der Waals surface area contributed by atoms with Crippen molar-refractivity contribution in [2.45, 2.75) is 0 Å². The number of phenolic OH excluding ortho intramolecular Hbond substituents is 1. The highest BCUT2D eigenvalue weighted by Gasteiger charge is 2.16. The fourth-order valence-corrected chi connectivity index (χ4v) is 4.06. The van der Waals surface area contributed by atoms with E-state index in [1.54, 1.807) is 31.4 Å². The van der Waals surface area contributed by atoms with Crippen LogP contribution in [0.15, 0.2) is 71.7 Å². The third-order valence-corrected chi connectivity index (χ3v) is 5.88. The Labute approximate surface area is 193 Å². The van der Waals surface area contributed by atoms with Gasteiger partial charge >= 0.3 is 0 Å². The molecule has 4 rings (SSSR count). The molecule has 0 aliphatic rings. The summed E-state index contributed by atoms with van der Waals surface area (Å²) in [6.07, 6.45) is 1.53. The number of hydrogen-bond donors (Lipinski definition) is 1. The molecule has 0 unspecified atom stereocenters. The number of ether oxygens (including phenoxy) is 2. The molecule has 0 fully saturated rings. The molecular weight excluding hydrogens is 442 g/mol. The van der Waals surface area contributed by atoms with Gasteiger partial charge in [0.25, 0.3) is 5.69 Å². The molecular formula is C24H19N3O5S. The molecule has 33 heavy (non-hydrogen) atoms. The molecule has 0 radical (unpaired) electrons. The fourth-order valence-electron chi connectivity index (χ4n) is 3.12. The van der Waals surface area contributed by atoms with Gasteiger partial charge in [0, 0.05) is 35.5 Å². The van der Waals surface area contributed by atoms with Crippen molar-refractivity contribution in [2.75, 3.05) is 14.2 Å². The zero-order valence-corrected chi connectivity index (χ0v) is 18.6. The molecule has 0 aliphatic carbocycles. The maximum Gasteiger partial charge on any atom is 0.269 e. The van der Waals surface area contributed by atoms with Gasteiger partial charge in [-0.2, -0.15) is 0 Å². The largest absolute Gasteiger partial charge is 0.507 e. The topological polar surface area (TPSA) is 107 Å². The first-order valence-corrected chi connectivity index (χ1v) is 10.6. The number of non-ortho nitro benzene ring substituents is 1. The summed E-state index contributed by atoms with van der Waals surface area (Å²) in [5.41, 5.74) is 2.88. The number of benzene rings is 3. The molecule has 4 aromatic rings. The molecule has 9 heteroatoms. The van der Waals surface area contributed by atoms with Crippen LogP contribution in [0.2, 0.25) is 0 Å². The van der Waals surface area contributed by atoms with E-state index in [1.807, 2.05) is 24.3 Å². The number of nitrogens with zero attached hydrogens (tertiary/aromatic N) is 3. The van der Waals surface area contributed by atoms with Gasteiger partial charge in [0.2, 0.25) is 5.13 Å². The van der Waals surface area contributed by atoms with Crippen LogP contribution in [0, 0.1) is 10.1 Å². The first-order chi connectivity index (χ1) is 16.0. The molecule has 0 saturated heterocycles. The zero-order chi connectivity index (χ0) is 23.4. The van der Waals surface area contributed by atoms with E-state index in [4.69, 9.17) is 9.47 Å². The lowest BCUT2D eigenvalue weighted by Crippen LogP contribution is -1.88. The summed E-state index contributed by atoms with van der Waals surface area (Å²) in [7, 11) is 3.13. The first-order valence-electron chi connectivity index (χ1n) is 9.79. The van der Waals surface area contributed by atoms with Gasteiger partial charge in [-0.05, 0) is 54.1 Å². The van der Waals surface area contributed by atoms with Crippen molar-refractivity contribution in [1.82, 2.24) is 4.98 Å². The Hall–Kier alpha value is -4.24. The molecule has 1 heterocycles. The van der Waals surface area contributed by atoms with E-state index in [9.17, 15) is 15.2 Å². The summed E-state index contributed by atoms with van der Waals surface area (Å²) in [6.45, 7) is 0. The van der Waals surface area contributed by atoms with Crippen LogP contribution in [0.25, 0.3) is 21.7 Å². The molecule has 0 amide bonds. The van der Waals surface area contributed by atoms with Gasteiger partial charge < -0.3 is 14.6 Å². The van der Waals surface area contributed by atoms with Gasteiger partial charge in [0.1, 0.15) is 17.2 Å². The highest BCUT2D eigenvalue weighted by Crippen LogP contribution is 2.41. The molecule has 8 nitrogen and oxygen atoms in total. The standard InChI is InChI=1S/C24H19N3O5S/c1-31-19-10-5-15(6-11-19)22-23(16-3-8-18(9-4-16)27(29)30)33-24(26-22)25-14-17-7-12-20(32-2)13-21(17)28/h3-14,28H,1-2H3. The number of hydrogen-bond acceptors (Lipinski definition) is 8. The smallest absolute Gasteiger partial charge is 0.269 e. The molecule has 0 saturated carbocycles. The Kier molecular flexibility index (Phi) is 6.32. The Balaban J connectivity index is 1.75. The van der Waals surface area contributed by atoms with Crippen LogP contribution in [0.4, 0.5) is 10.8 Å². The van der Waals surface area contributed by atoms with Crippen molar-refractivity contribution in [1.29, 1.82) is 0 Å². The van der Waals surface area contributed by atoms with Crippen LogP contribution < -0.4 is 9.47 Å². The van der Waals surface area contributed by atoms with Crippen molar-refractivity contribution in [3.05, 3.63) is 82.4 Å². The quantitative estimate of drug-likeness (QED) is 0.210. The van der Waals surface area contributed by atoms with Crippen LogP contribution in [0.3, 0.4) is 0 Å². The lowest BCUT2D eigenvalue weighted by atomic mass is 10.1. The van der Waals surface area contributed by atoms with Crippen molar-refractivity contribution in [3.63, 3.8) is 0 Å². The third-order valence-electron chi connectivity index (χ3n) is 4.87. The second-order valence-electron chi connectivity index (χ2n) is 6.89. The van der Waals surface area contributed by atoms with E-state index in [0.717, 1.165) is 21.8 Å². The van der Waals surface area contributed by atoms with E-state index in [1.165, 1.54) is 42.9 Å². The van der Waals surface area contributed by atoms with Crippen LogP contribution in [-0.4, -0.2) is 35.4 Å². The maximum atomic E-state index is 11.0. The number of aromatic hydroxyl groups is 1. The van der Waals surface area contributed by atoms with E-state index in [2.05, 4.69) is 9.98 Å². The predicted octanol–water partition coefficient (Wildman–Crippen LogP) is 5.86. The summed E-state index contributed by atoms with van der Waals surface area (Å²) in [6, 6.07) is 18.7. The summed E-state index contributed by atoms with van der Waals surface area (Å²) >= 11 is 1.35. The Morgan fingerprint density at radius 1 is 0.970 bits per heavy atom. The van der Waals surface area contributed by atoms with Crippen molar-refractivity contribution < 1.29 is 19.5 Å². The van der Waals surface area contributed by atoms with Crippen molar-refractivity contribution in [3.8, 4) is 38.9 Å². The average molecular weight is 461 g/mol. The van der Waals surface area contributed by atoms with Gasteiger partial charge in [-0.1, -0.05) is 11.3 Å². The second kappa shape index (κ2) is 9.49. The number of thiazole rings is 1. The minimum atomic E-state index is -0.433. The van der Waals surface area contributed by atoms with Gasteiger partial charge in [0.05, 0.1) is 29.7 Å².